The van der Waals surface area contributed by atoms with E-state index in [-0.39, 0.29) is 29.8 Å². The fraction of sp³-hybridized carbons (Fsp3) is 0.370. The van der Waals surface area contributed by atoms with Crippen LogP contribution in [0.1, 0.15) is 54.0 Å². The molecule has 33 heavy (non-hydrogen) atoms. The van der Waals surface area contributed by atoms with Gasteiger partial charge in [-0.15, -0.1) is 0 Å². The van der Waals surface area contributed by atoms with Crippen LogP contribution in [0.4, 0.5) is 0 Å². The Balaban J connectivity index is 1.61. The monoisotopic (exact) mass is 501 g/mol. The molecule has 6 unspecified atom stereocenters. The topological polar surface area (TPSA) is 42.4 Å². The zero-order valence-corrected chi connectivity index (χ0v) is 20.8. The lowest BCUT2D eigenvalue weighted by Gasteiger charge is -2.43. The van der Waals surface area contributed by atoms with Crippen LogP contribution in [0.3, 0.4) is 0 Å². The lowest BCUT2D eigenvalue weighted by Crippen LogP contribution is -2.40. The van der Waals surface area contributed by atoms with E-state index in [0.717, 1.165) is 35.2 Å². The molecule has 2 aliphatic rings. The minimum Gasteiger partial charge on any atom is -0.362 e. The first-order chi connectivity index (χ1) is 15.8. The first-order valence-electron chi connectivity index (χ1n) is 11.3. The maximum atomic E-state index is 11.8. The minimum absolute atomic E-state index is 0.0411. The van der Waals surface area contributed by atoms with E-state index in [1.54, 1.807) is 12.1 Å². The number of aryl methyl sites for hydroxylation is 1. The predicted molar refractivity (Wildman–Crippen MR) is 133 cm³/mol. The Morgan fingerprint density at radius 3 is 2.36 bits per heavy atom. The van der Waals surface area contributed by atoms with E-state index in [2.05, 4.69) is 19.1 Å². The Hall–Kier alpha value is -1.62. The summed E-state index contributed by atoms with van der Waals surface area (Å²) in [4.78, 5) is 4.83. The number of benzene rings is 2. The number of fused-ring (bicyclic) bond motifs is 1. The SMILES string of the molecule is Cc1ccc(C2C(c3ccc(Cl)cc3Cl)CCC3C2C(C)OC3(O)c2ccc(Cl)cc2)nc1. The highest BCUT2D eigenvalue weighted by Crippen LogP contribution is 2.60. The van der Waals surface area contributed by atoms with Crippen molar-refractivity contribution in [2.24, 2.45) is 11.8 Å². The number of hydrogen-bond acceptors (Lipinski definition) is 3. The highest BCUT2D eigenvalue weighted by atomic mass is 35.5. The summed E-state index contributed by atoms with van der Waals surface area (Å²) in [5.74, 6) is -1.20. The molecule has 5 rings (SSSR count). The quantitative estimate of drug-likeness (QED) is 0.403. The Labute approximate surface area is 209 Å². The number of aromatic nitrogens is 1. The fourth-order valence-corrected chi connectivity index (χ4v) is 6.65. The van der Waals surface area contributed by atoms with Crippen molar-refractivity contribution in [2.75, 3.05) is 0 Å². The summed E-state index contributed by atoms with van der Waals surface area (Å²) in [5, 5.41) is 13.8. The Kier molecular flexibility index (Phi) is 6.22. The number of halogens is 3. The summed E-state index contributed by atoms with van der Waals surface area (Å²) < 4.78 is 6.36. The van der Waals surface area contributed by atoms with E-state index in [1.165, 1.54) is 0 Å². The van der Waals surface area contributed by atoms with Gasteiger partial charge in [-0.25, -0.2) is 0 Å². The number of pyridine rings is 1. The first-order valence-corrected chi connectivity index (χ1v) is 12.4. The van der Waals surface area contributed by atoms with E-state index in [9.17, 15) is 5.11 Å². The first kappa shape index (κ1) is 23.1. The average molecular weight is 503 g/mol. The van der Waals surface area contributed by atoms with Gasteiger partial charge in [0.05, 0.1) is 6.10 Å². The molecule has 6 atom stereocenters. The molecule has 2 heterocycles. The van der Waals surface area contributed by atoms with E-state index >= 15 is 0 Å². The second kappa shape index (κ2) is 8.87. The third-order valence-corrected chi connectivity index (χ3v) is 8.22. The lowest BCUT2D eigenvalue weighted by atomic mass is 9.60. The van der Waals surface area contributed by atoms with Crippen molar-refractivity contribution in [1.29, 1.82) is 0 Å². The molecule has 172 valence electrons. The van der Waals surface area contributed by atoms with Crippen molar-refractivity contribution >= 4 is 34.8 Å². The summed E-state index contributed by atoms with van der Waals surface area (Å²) in [7, 11) is 0. The van der Waals surface area contributed by atoms with Crippen LogP contribution in [0, 0.1) is 18.8 Å². The molecule has 1 aliphatic heterocycles. The van der Waals surface area contributed by atoms with Crippen molar-refractivity contribution in [3.63, 3.8) is 0 Å². The Morgan fingerprint density at radius 1 is 0.970 bits per heavy atom. The molecule has 0 radical (unpaired) electrons. The molecule has 1 saturated heterocycles. The van der Waals surface area contributed by atoms with Gasteiger partial charge in [0.2, 0.25) is 0 Å². The van der Waals surface area contributed by atoms with E-state index < -0.39 is 5.79 Å². The molecule has 1 saturated carbocycles. The number of ether oxygens (including phenoxy) is 1. The zero-order valence-electron chi connectivity index (χ0n) is 18.5. The number of hydrogen-bond donors (Lipinski definition) is 1. The van der Waals surface area contributed by atoms with Crippen molar-refractivity contribution in [3.05, 3.63) is 98.2 Å². The van der Waals surface area contributed by atoms with Gasteiger partial charge >= 0.3 is 0 Å². The molecule has 1 N–H and O–H groups in total. The minimum atomic E-state index is -1.37. The van der Waals surface area contributed by atoms with Crippen LogP contribution >= 0.6 is 34.8 Å². The Morgan fingerprint density at radius 2 is 1.70 bits per heavy atom. The van der Waals surface area contributed by atoms with Crippen LogP contribution in [-0.2, 0) is 10.5 Å². The molecule has 1 aliphatic carbocycles. The molecule has 0 spiro atoms. The molecule has 1 aromatic heterocycles. The van der Waals surface area contributed by atoms with Crippen molar-refractivity contribution in [1.82, 2.24) is 4.98 Å². The molecule has 2 fully saturated rings. The molecule has 0 bridgehead atoms. The number of aliphatic hydroxyl groups is 1. The second-order valence-electron chi connectivity index (χ2n) is 9.35. The van der Waals surface area contributed by atoms with Gasteiger partial charge in [-0.05, 0) is 74.1 Å². The van der Waals surface area contributed by atoms with Gasteiger partial charge in [-0.2, -0.15) is 0 Å². The van der Waals surface area contributed by atoms with Crippen molar-refractivity contribution in [2.45, 2.75) is 50.4 Å². The summed E-state index contributed by atoms with van der Waals surface area (Å²) in [5.41, 5.74) is 3.92. The number of nitrogens with zero attached hydrogens (tertiary/aromatic N) is 1. The summed E-state index contributed by atoms with van der Waals surface area (Å²) in [6.45, 7) is 4.09. The maximum absolute atomic E-state index is 11.8. The lowest BCUT2D eigenvalue weighted by molar-refractivity contribution is -0.220. The average Bonchev–Trinajstić information content (AvgIpc) is 3.05. The Bertz CT molecular complexity index is 1150. The largest absolute Gasteiger partial charge is 0.362 e. The summed E-state index contributed by atoms with van der Waals surface area (Å²) in [6.07, 6.45) is 3.40. The predicted octanol–water partition coefficient (Wildman–Crippen LogP) is 7.51. The van der Waals surface area contributed by atoms with Gasteiger partial charge in [-0.3, -0.25) is 4.98 Å². The van der Waals surface area contributed by atoms with Gasteiger partial charge in [0, 0.05) is 50.3 Å². The molecular weight excluding hydrogens is 477 g/mol. The highest BCUT2D eigenvalue weighted by molar-refractivity contribution is 6.35. The van der Waals surface area contributed by atoms with Gasteiger partial charge in [-0.1, -0.05) is 59.1 Å². The molecule has 6 heteroatoms. The third kappa shape index (κ3) is 4.09. The summed E-state index contributed by atoms with van der Waals surface area (Å²) >= 11 is 19.0. The van der Waals surface area contributed by atoms with Crippen LogP contribution in [-0.4, -0.2) is 16.2 Å². The highest BCUT2D eigenvalue weighted by Gasteiger charge is 2.59. The van der Waals surface area contributed by atoms with Gasteiger partial charge in [0.15, 0.2) is 5.79 Å². The van der Waals surface area contributed by atoms with E-state index in [0.29, 0.717) is 15.1 Å². The van der Waals surface area contributed by atoms with Gasteiger partial charge in [0.25, 0.3) is 0 Å². The van der Waals surface area contributed by atoms with Crippen LogP contribution in [0.25, 0.3) is 0 Å². The van der Waals surface area contributed by atoms with Crippen molar-refractivity contribution < 1.29 is 9.84 Å². The van der Waals surface area contributed by atoms with E-state index in [4.69, 9.17) is 44.5 Å². The van der Waals surface area contributed by atoms with Gasteiger partial charge in [0.1, 0.15) is 0 Å². The molecule has 3 aromatic rings. The normalized spacial score (nSPS) is 31.4. The molecule has 3 nitrogen and oxygen atoms in total. The van der Waals surface area contributed by atoms with Gasteiger partial charge < -0.3 is 9.84 Å². The van der Waals surface area contributed by atoms with E-state index in [1.807, 2.05) is 43.5 Å². The van der Waals surface area contributed by atoms with Crippen LogP contribution < -0.4 is 0 Å². The fourth-order valence-electron chi connectivity index (χ4n) is 5.98. The van der Waals surface area contributed by atoms with Crippen LogP contribution in [0.15, 0.2) is 60.8 Å². The van der Waals surface area contributed by atoms with Crippen LogP contribution in [0.5, 0.6) is 0 Å². The molecular formula is C27H26Cl3NO2. The smallest absolute Gasteiger partial charge is 0.195 e. The molecule has 0 amide bonds. The van der Waals surface area contributed by atoms with Crippen LogP contribution in [0.2, 0.25) is 15.1 Å². The number of rotatable bonds is 3. The van der Waals surface area contributed by atoms with Crippen molar-refractivity contribution in [3.8, 4) is 0 Å². The standard InChI is InChI=1S/C27H26Cl3NO2/c1-15-3-12-24(31-14-15)26-21(20-9-8-19(29)13-23(20)30)10-11-22-25(26)16(2)33-27(22,32)17-4-6-18(28)7-5-17/h3-9,12-14,16,21-22,25-26,32H,10-11H2,1-2H3. The zero-order chi connectivity index (χ0) is 23.3. The third-order valence-electron chi connectivity index (χ3n) is 7.41. The molecule has 2 aromatic carbocycles. The maximum Gasteiger partial charge on any atom is 0.195 e. The summed E-state index contributed by atoms with van der Waals surface area (Å²) in [6, 6.07) is 17.3. The second-order valence-corrected chi connectivity index (χ2v) is 10.6.